The standard InChI is InChI=1S/C9H7ClN2O2.Na/c10-5-1-2-7-6(3-5)8(12-11-7)4-9(13)14;/h1-3H,4H2,(H,11,12)(H,13,14);. The van der Waals surface area contributed by atoms with Crippen LogP contribution in [0, 0.1) is 0 Å². The molecule has 4 nitrogen and oxygen atoms in total. The number of nitrogens with one attached hydrogen (secondary N) is 1. The molecule has 0 unspecified atom stereocenters. The van der Waals surface area contributed by atoms with Crippen LogP contribution in [0.1, 0.15) is 5.69 Å². The number of hydrogen-bond donors (Lipinski definition) is 2. The van der Waals surface area contributed by atoms with E-state index in [0.717, 1.165) is 10.9 Å². The minimum absolute atomic E-state index is 0. The monoisotopic (exact) mass is 233 g/mol. The van der Waals surface area contributed by atoms with Gasteiger partial charge in [0, 0.05) is 40.0 Å². The minimum Gasteiger partial charge on any atom is -0.481 e. The Labute approximate surface area is 113 Å². The molecule has 2 rings (SSSR count). The van der Waals surface area contributed by atoms with Gasteiger partial charge in [-0.2, -0.15) is 5.10 Å². The summed E-state index contributed by atoms with van der Waals surface area (Å²) in [5.41, 5.74) is 1.31. The first-order chi connectivity index (χ1) is 6.66. The number of aromatic amines is 1. The fourth-order valence-corrected chi connectivity index (χ4v) is 1.49. The summed E-state index contributed by atoms with van der Waals surface area (Å²) >= 11 is 5.80. The molecule has 6 heteroatoms. The van der Waals surface area contributed by atoms with Crippen molar-refractivity contribution in [2.75, 3.05) is 0 Å². The SMILES string of the molecule is O=C(O)Cc1n[nH]c2ccc(Cl)cc12.[Na]. The van der Waals surface area contributed by atoms with Crippen molar-refractivity contribution in [2.24, 2.45) is 0 Å². The van der Waals surface area contributed by atoms with Crippen LogP contribution in [0.4, 0.5) is 0 Å². The molecule has 0 aliphatic rings. The molecule has 0 amide bonds. The smallest absolute Gasteiger partial charge is 0.309 e. The van der Waals surface area contributed by atoms with Gasteiger partial charge >= 0.3 is 5.97 Å². The number of nitrogens with zero attached hydrogens (tertiary/aromatic N) is 1. The topological polar surface area (TPSA) is 66.0 Å². The molecule has 0 spiro atoms. The second-order valence-electron chi connectivity index (χ2n) is 2.93. The van der Waals surface area contributed by atoms with Gasteiger partial charge in [-0.05, 0) is 18.2 Å². The van der Waals surface area contributed by atoms with E-state index in [1.165, 1.54) is 0 Å². The van der Waals surface area contributed by atoms with E-state index in [4.69, 9.17) is 16.7 Å². The van der Waals surface area contributed by atoms with Crippen LogP contribution in [0.5, 0.6) is 0 Å². The molecule has 0 bridgehead atoms. The number of fused-ring (bicyclic) bond motifs is 1. The predicted octanol–water partition coefficient (Wildman–Crippen LogP) is 1.46. The first-order valence-corrected chi connectivity index (χ1v) is 4.39. The Hall–Kier alpha value is -0.550. The maximum absolute atomic E-state index is 10.5. The van der Waals surface area contributed by atoms with Gasteiger partial charge in [-0.3, -0.25) is 9.89 Å². The molecule has 0 saturated heterocycles. The molecular formula is C9H7ClN2NaO2. The van der Waals surface area contributed by atoms with Crippen LogP contribution in [0.2, 0.25) is 5.02 Å². The van der Waals surface area contributed by atoms with E-state index in [2.05, 4.69) is 10.2 Å². The third-order valence-corrected chi connectivity index (χ3v) is 2.16. The Bertz CT molecular complexity index is 498. The second kappa shape index (κ2) is 4.99. The van der Waals surface area contributed by atoms with Crippen molar-refractivity contribution in [3.8, 4) is 0 Å². The number of carboxylic acid groups (broad SMARTS) is 1. The normalized spacial score (nSPS) is 9.93. The third-order valence-electron chi connectivity index (χ3n) is 1.92. The van der Waals surface area contributed by atoms with Gasteiger partial charge in [0.15, 0.2) is 0 Å². The quantitative estimate of drug-likeness (QED) is 0.772. The van der Waals surface area contributed by atoms with Crippen molar-refractivity contribution >= 4 is 58.0 Å². The van der Waals surface area contributed by atoms with E-state index in [-0.39, 0.29) is 36.0 Å². The van der Waals surface area contributed by atoms with E-state index < -0.39 is 5.97 Å². The number of rotatable bonds is 2. The van der Waals surface area contributed by atoms with Crippen molar-refractivity contribution < 1.29 is 9.90 Å². The molecule has 0 atom stereocenters. The summed E-state index contributed by atoms with van der Waals surface area (Å²) in [6.07, 6.45) is -0.0969. The molecular weight excluding hydrogens is 227 g/mol. The zero-order chi connectivity index (χ0) is 10.1. The number of hydrogen-bond acceptors (Lipinski definition) is 2. The van der Waals surface area contributed by atoms with Crippen molar-refractivity contribution in [1.29, 1.82) is 0 Å². The largest absolute Gasteiger partial charge is 0.481 e. The summed E-state index contributed by atoms with van der Waals surface area (Å²) < 4.78 is 0. The van der Waals surface area contributed by atoms with Gasteiger partial charge < -0.3 is 5.11 Å². The molecule has 2 aromatic rings. The third kappa shape index (κ3) is 2.72. The van der Waals surface area contributed by atoms with Crippen LogP contribution in [0.15, 0.2) is 18.2 Å². The van der Waals surface area contributed by atoms with E-state index >= 15 is 0 Å². The van der Waals surface area contributed by atoms with Crippen molar-refractivity contribution in [1.82, 2.24) is 10.2 Å². The van der Waals surface area contributed by atoms with Gasteiger partial charge in [0.1, 0.15) is 0 Å². The molecule has 1 heterocycles. The van der Waals surface area contributed by atoms with Crippen LogP contribution >= 0.6 is 11.6 Å². The Morgan fingerprint density at radius 3 is 2.93 bits per heavy atom. The zero-order valence-electron chi connectivity index (χ0n) is 8.12. The van der Waals surface area contributed by atoms with Crippen LogP contribution in [-0.2, 0) is 11.2 Å². The van der Waals surface area contributed by atoms with Gasteiger partial charge in [0.2, 0.25) is 0 Å². The molecule has 1 aromatic carbocycles. The van der Waals surface area contributed by atoms with Gasteiger partial charge in [-0.15, -0.1) is 0 Å². The van der Waals surface area contributed by atoms with E-state index in [1.54, 1.807) is 18.2 Å². The van der Waals surface area contributed by atoms with Crippen molar-refractivity contribution in [3.63, 3.8) is 0 Å². The van der Waals surface area contributed by atoms with E-state index in [0.29, 0.717) is 10.7 Å². The van der Waals surface area contributed by atoms with E-state index in [9.17, 15) is 4.79 Å². The molecule has 1 radical (unpaired) electrons. The van der Waals surface area contributed by atoms with E-state index in [1.807, 2.05) is 0 Å². The molecule has 0 aliphatic heterocycles. The summed E-state index contributed by atoms with van der Waals surface area (Å²) in [4.78, 5) is 10.5. The van der Waals surface area contributed by atoms with Gasteiger partial charge in [0.25, 0.3) is 0 Å². The predicted molar refractivity (Wildman–Crippen MR) is 58.2 cm³/mol. The van der Waals surface area contributed by atoms with Crippen molar-refractivity contribution in [3.05, 3.63) is 28.9 Å². The fourth-order valence-electron chi connectivity index (χ4n) is 1.32. The molecule has 0 aliphatic carbocycles. The maximum Gasteiger partial charge on any atom is 0.309 e. The maximum atomic E-state index is 10.5. The number of carboxylic acids is 1. The minimum atomic E-state index is -0.904. The summed E-state index contributed by atoms with van der Waals surface area (Å²) in [7, 11) is 0. The second-order valence-corrected chi connectivity index (χ2v) is 3.37. The zero-order valence-corrected chi connectivity index (χ0v) is 10.9. The van der Waals surface area contributed by atoms with Gasteiger partial charge in [-0.1, -0.05) is 11.6 Å². The molecule has 1 aromatic heterocycles. The molecule has 0 fully saturated rings. The van der Waals surface area contributed by atoms with Crippen molar-refractivity contribution in [2.45, 2.75) is 6.42 Å². The number of benzene rings is 1. The molecule has 15 heavy (non-hydrogen) atoms. The number of halogens is 1. The Morgan fingerprint density at radius 1 is 1.53 bits per heavy atom. The van der Waals surface area contributed by atoms with Gasteiger partial charge in [0.05, 0.1) is 17.6 Å². The summed E-state index contributed by atoms with van der Waals surface area (Å²) in [6, 6.07) is 5.21. The van der Waals surface area contributed by atoms with Crippen LogP contribution in [-0.4, -0.2) is 50.8 Å². The fraction of sp³-hybridized carbons (Fsp3) is 0.111. The molecule has 2 N–H and O–H groups in total. The Kier molecular flexibility index (Phi) is 4.16. The summed E-state index contributed by atoms with van der Waals surface area (Å²) in [6.45, 7) is 0. The number of aromatic nitrogens is 2. The summed E-state index contributed by atoms with van der Waals surface area (Å²) in [5, 5.41) is 16.6. The summed E-state index contributed by atoms with van der Waals surface area (Å²) in [5.74, 6) is -0.904. The van der Waals surface area contributed by atoms with Crippen LogP contribution in [0.3, 0.4) is 0 Å². The molecule has 73 valence electrons. The number of carbonyl (C=O) groups is 1. The first kappa shape index (κ1) is 12.5. The molecule has 0 saturated carbocycles. The van der Waals surface area contributed by atoms with Crippen LogP contribution < -0.4 is 0 Å². The average Bonchev–Trinajstić information content (AvgIpc) is 2.47. The number of H-pyrrole nitrogens is 1. The Balaban J connectivity index is 0.00000112. The Morgan fingerprint density at radius 2 is 2.27 bits per heavy atom. The van der Waals surface area contributed by atoms with Gasteiger partial charge in [-0.25, -0.2) is 0 Å². The van der Waals surface area contributed by atoms with Crippen LogP contribution in [0.25, 0.3) is 10.9 Å². The average molecular weight is 234 g/mol. The first-order valence-electron chi connectivity index (χ1n) is 4.01. The number of aliphatic carboxylic acids is 1.